The number of halogens is 7. The van der Waals surface area contributed by atoms with Crippen LogP contribution < -0.4 is 10.2 Å². The van der Waals surface area contributed by atoms with Crippen molar-refractivity contribution in [1.82, 2.24) is 4.90 Å². The number of carbonyl (C=O) groups excluding carboxylic acids is 2. The normalized spacial score (nSPS) is 14.6. The van der Waals surface area contributed by atoms with E-state index in [9.17, 15) is 35.9 Å². The van der Waals surface area contributed by atoms with E-state index in [2.05, 4.69) is 5.32 Å². The van der Waals surface area contributed by atoms with E-state index < -0.39 is 29.7 Å². The Hall–Kier alpha value is -3.67. The number of nitrogens with one attached hydrogen (secondary N) is 1. The zero-order valence-electron chi connectivity index (χ0n) is 18.8. The summed E-state index contributed by atoms with van der Waals surface area (Å²) in [6, 6.07) is 11.7. The molecule has 0 bridgehead atoms. The van der Waals surface area contributed by atoms with Gasteiger partial charge in [-0.25, -0.2) is 0 Å². The third-order valence-electron chi connectivity index (χ3n) is 5.66. The van der Waals surface area contributed by atoms with Gasteiger partial charge in [-0.3, -0.25) is 9.59 Å². The minimum atomic E-state index is -4.96. The zero-order valence-corrected chi connectivity index (χ0v) is 19.5. The van der Waals surface area contributed by atoms with E-state index >= 15 is 0 Å². The summed E-state index contributed by atoms with van der Waals surface area (Å²) >= 11 is 6.07. The molecule has 13 heteroatoms. The maximum Gasteiger partial charge on any atom is 0.471 e. The molecule has 1 fully saturated rings. The Morgan fingerprint density at radius 2 is 1.59 bits per heavy atom. The smallest absolute Gasteiger partial charge is 0.451 e. The van der Waals surface area contributed by atoms with E-state index in [-0.39, 0.29) is 54.0 Å². The van der Waals surface area contributed by atoms with Crippen molar-refractivity contribution in [2.45, 2.75) is 12.4 Å². The highest BCUT2D eigenvalue weighted by Crippen LogP contribution is 2.34. The number of piperazine rings is 1. The number of hydrogen-bond donors (Lipinski definition) is 1. The van der Waals surface area contributed by atoms with Gasteiger partial charge in [-0.15, -0.1) is 0 Å². The summed E-state index contributed by atoms with van der Waals surface area (Å²) in [5.74, 6) is -2.76. The quantitative estimate of drug-likeness (QED) is 0.404. The third kappa shape index (κ3) is 6.01. The first-order valence-corrected chi connectivity index (χ1v) is 11.2. The van der Waals surface area contributed by atoms with Crippen molar-refractivity contribution < 1.29 is 40.3 Å². The van der Waals surface area contributed by atoms with Gasteiger partial charge in [-0.1, -0.05) is 23.7 Å². The molecule has 37 heavy (non-hydrogen) atoms. The van der Waals surface area contributed by atoms with E-state index in [1.165, 1.54) is 30.3 Å². The van der Waals surface area contributed by atoms with Gasteiger partial charge in [0.15, 0.2) is 5.76 Å². The van der Waals surface area contributed by atoms with E-state index in [4.69, 9.17) is 16.0 Å². The second-order valence-electron chi connectivity index (χ2n) is 8.14. The van der Waals surface area contributed by atoms with Crippen LogP contribution in [-0.2, 0) is 11.0 Å². The maximum absolute atomic E-state index is 13.0. The predicted octanol–water partition coefficient (Wildman–Crippen LogP) is 6.08. The summed E-state index contributed by atoms with van der Waals surface area (Å²) < 4.78 is 82.7. The van der Waals surface area contributed by atoms with Gasteiger partial charge < -0.3 is 19.5 Å². The van der Waals surface area contributed by atoms with E-state index in [0.717, 1.165) is 12.1 Å². The predicted molar refractivity (Wildman–Crippen MR) is 123 cm³/mol. The minimum Gasteiger partial charge on any atom is -0.451 e. The van der Waals surface area contributed by atoms with Crippen LogP contribution in [0.5, 0.6) is 0 Å². The Morgan fingerprint density at radius 3 is 2.24 bits per heavy atom. The van der Waals surface area contributed by atoms with Crippen molar-refractivity contribution in [3.05, 3.63) is 70.9 Å². The fourth-order valence-corrected chi connectivity index (χ4v) is 4.03. The Labute approximate surface area is 211 Å². The van der Waals surface area contributed by atoms with Crippen molar-refractivity contribution in [3.63, 3.8) is 0 Å². The molecule has 196 valence electrons. The molecule has 0 atom stereocenters. The minimum absolute atomic E-state index is 0.0491. The summed E-state index contributed by atoms with van der Waals surface area (Å²) in [6.07, 6.45) is -9.51. The first-order chi connectivity index (χ1) is 17.3. The van der Waals surface area contributed by atoms with Crippen molar-refractivity contribution in [3.8, 4) is 11.3 Å². The lowest BCUT2D eigenvalue weighted by atomic mass is 10.1. The maximum atomic E-state index is 13.0. The van der Waals surface area contributed by atoms with Gasteiger partial charge in [0, 0.05) is 36.8 Å². The van der Waals surface area contributed by atoms with Crippen LogP contribution in [0.1, 0.15) is 16.1 Å². The molecule has 2 aromatic carbocycles. The summed E-state index contributed by atoms with van der Waals surface area (Å²) in [7, 11) is 0. The topological polar surface area (TPSA) is 65.8 Å². The van der Waals surface area contributed by atoms with Crippen LogP contribution >= 0.6 is 11.6 Å². The molecule has 0 aliphatic carbocycles. The van der Waals surface area contributed by atoms with E-state index in [1.54, 1.807) is 17.0 Å². The van der Waals surface area contributed by atoms with Crippen LogP contribution in [0.2, 0.25) is 5.02 Å². The van der Waals surface area contributed by atoms with E-state index in [0.29, 0.717) is 10.6 Å². The lowest BCUT2D eigenvalue weighted by Crippen LogP contribution is -2.52. The Morgan fingerprint density at radius 1 is 0.892 bits per heavy atom. The lowest BCUT2D eigenvalue weighted by Gasteiger charge is -2.37. The van der Waals surface area contributed by atoms with Crippen LogP contribution in [-0.4, -0.2) is 49.1 Å². The molecule has 2 heterocycles. The number of furan rings is 1. The van der Waals surface area contributed by atoms with Gasteiger partial charge >= 0.3 is 18.3 Å². The second kappa shape index (κ2) is 10.0. The molecule has 1 aliphatic heterocycles. The van der Waals surface area contributed by atoms with Crippen molar-refractivity contribution in [2.24, 2.45) is 0 Å². The van der Waals surface area contributed by atoms with Crippen LogP contribution in [0.25, 0.3) is 11.3 Å². The van der Waals surface area contributed by atoms with Crippen molar-refractivity contribution in [1.29, 1.82) is 0 Å². The molecule has 6 nitrogen and oxygen atoms in total. The van der Waals surface area contributed by atoms with Gasteiger partial charge in [0.25, 0.3) is 5.91 Å². The lowest BCUT2D eigenvalue weighted by molar-refractivity contribution is -0.185. The van der Waals surface area contributed by atoms with Crippen LogP contribution in [0.3, 0.4) is 0 Å². The standard InChI is InChI=1S/C24H18ClF6N3O3/c25-16-4-5-18(33-8-10-34(11-9-33)22(36)24(29,30)31)17(13-16)32-21(35)20-7-6-19(37-20)14-2-1-3-15(12-14)23(26,27)28/h1-7,12-13H,8-11H2,(H,32,35). The number of rotatable bonds is 4. The van der Waals surface area contributed by atoms with Crippen LogP contribution in [0.15, 0.2) is 59.0 Å². The number of amides is 2. The summed E-state index contributed by atoms with van der Waals surface area (Å²) in [6.45, 7) is -0.195. The molecular weight excluding hydrogens is 528 g/mol. The Balaban J connectivity index is 1.50. The highest BCUT2D eigenvalue weighted by molar-refractivity contribution is 6.31. The van der Waals surface area contributed by atoms with Gasteiger partial charge in [0.05, 0.1) is 16.9 Å². The number of benzene rings is 2. The van der Waals surface area contributed by atoms with Gasteiger partial charge in [-0.05, 0) is 42.5 Å². The van der Waals surface area contributed by atoms with Crippen LogP contribution in [0.4, 0.5) is 37.7 Å². The molecule has 1 N–H and O–H groups in total. The molecular formula is C24H18ClF6N3O3. The van der Waals surface area contributed by atoms with Crippen LogP contribution in [0, 0.1) is 0 Å². The Bertz CT molecular complexity index is 1310. The van der Waals surface area contributed by atoms with Crippen molar-refractivity contribution >= 4 is 34.8 Å². The number of carbonyl (C=O) groups is 2. The molecule has 1 aromatic heterocycles. The fraction of sp³-hybridized carbons (Fsp3) is 0.250. The highest BCUT2D eigenvalue weighted by Gasteiger charge is 2.43. The molecule has 0 saturated carbocycles. The molecule has 3 aromatic rings. The number of nitrogens with zero attached hydrogens (tertiary/aromatic N) is 2. The van der Waals surface area contributed by atoms with E-state index in [1.807, 2.05) is 0 Å². The number of anilines is 2. The van der Waals surface area contributed by atoms with Crippen molar-refractivity contribution in [2.75, 3.05) is 36.4 Å². The summed E-state index contributed by atoms with van der Waals surface area (Å²) in [5, 5.41) is 2.90. The molecule has 1 saturated heterocycles. The molecule has 4 rings (SSSR count). The summed E-state index contributed by atoms with van der Waals surface area (Å²) in [4.78, 5) is 26.8. The first-order valence-electron chi connectivity index (χ1n) is 10.8. The molecule has 2 amide bonds. The monoisotopic (exact) mass is 545 g/mol. The average molecular weight is 546 g/mol. The largest absolute Gasteiger partial charge is 0.471 e. The fourth-order valence-electron chi connectivity index (χ4n) is 3.86. The SMILES string of the molecule is O=C(Nc1cc(Cl)ccc1N1CCN(C(=O)C(F)(F)F)CC1)c1ccc(-c2cccc(C(F)(F)F)c2)o1. The average Bonchev–Trinajstić information content (AvgIpc) is 3.34. The number of alkyl halides is 6. The molecule has 1 aliphatic rings. The second-order valence-corrected chi connectivity index (χ2v) is 8.57. The summed E-state index contributed by atoms with van der Waals surface area (Å²) in [5.41, 5.74) is -0.0387. The first kappa shape index (κ1) is 26.4. The Kier molecular flexibility index (Phi) is 7.13. The molecule has 0 radical (unpaired) electrons. The molecule has 0 spiro atoms. The zero-order chi connectivity index (χ0) is 27.0. The molecule has 0 unspecified atom stereocenters. The number of hydrogen-bond acceptors (Lipinski definition) is 4. The third-order valence-corrected chi connectivity index (χ3v) is 5.90. The van der Waals surface area contributed by atoms with Gasteiger partial charge in [0.2, 0.25) is 0 Å². The van der Waals surface area contributed by atoms with Gasteiger partial charge in [0.1, 0.15) is 5.76 Å². The highest BCUT2D eigenvalue weighted by atomic mass is 35.5. The van der Waals surface area contributed by atoms with Gasteiger partial charge in [-0.2, -0.15) is 26.3 Å².